The minimum Gasteiger partial charge on any atom is -0.508 e. The number of phenols is 1. The fourth-order valence-corrected chi connectivity index (χ4v) is 16.8. The molecule has 3 aliphatic rings. The molecule has 15 amide bonds. The quantitative estimate of drug-likeness (QED) is 0.0335. The maximum atomic E-state index is 15.7. The second-order valence-electron chi connectivity index (χ2n) is 33.5. The van der Waals surface area contributed by atoms with E-state index >= 15 is 51.9 Å². The molecule has 9 rings (SSSR count). The summed E-state index contributed by atoms with van der Waals surface area (Å²) in [5, 5.41) is 65.7. The molecule has 3 saturated heterocycles. The van der Waals surface area contributed by atoms with E-state index in [2.05, 4.69) is 52.8 Å². The van der Waals surface area contributed by atoms with Gasteiger partial charge in [0.15, 0.2) is 17.5 Å². The molecule has 0 saturated carbocycles. The van der Waals surface area contributed by atoms with Crippen molar-refractivity contribution >= 4 is 123 Å². The number of carbonyl (C=O) groups excluding carboxylic acids is 15. The van der Waals surface area contributed by atoms with E-state index in [1.54, 1.807) is 98.0 Å². The van der Waals surface area contributed by atoms with E-state index in [0.717, 1.165) is 31.5 Å². The Kier molecular flexibility index (Phi) is 37.7. The number of para-hydroxylation sites is 1. The van der Waals surface area contributed by atoms with Crippen LogP contribution in [0.3, 0.4) is 0 Å². The smallest absolute Gasteiger partial charge is 0.305 e. The Morgan fingerprint density at radius 3 is 1.68 bits per heavy atom. The first-order valence-electron chi connectivity index (χ1n) is 43.6. The molecule has 133 heavy (non-hydrogen) atoms. The number of hydrogen-bond acceptors (Lipinski definition) is 21. The molecule has 4 heterocycles. The predicted octanol–water partition coefficient (Wildman–Crippen LogP) is -0.000900. The summed E-state index contributed by atoms with van der Waals surface area (Å²) >= 11 is 0.635. The highest BCUT2D eigenvalue weighted by molar-refractivity contribution is 8.00. The number of likely N-dealkylation sites (N-methyl/N-ethyl adjacent to an activating group) is 3. The molecule has 0 bridgehead atoms. The first-order valence-corrected chi connectivity index (χ1v) is 44.7. The maximum absolute atomic E-state index is 15.7. The zero-order chi connectivity index (χ0) is 97.2. The van der Waals surface area contributed by atoms with Gasteiger partial charge in [0.2, 0.25) is 88.6 Å². The van der Waals surface area contributed by atoms with Gasteiger partial charge in [-0.25, -0.2) is 13.2 Å². The van der Waals surface area contributed by atoms with Crippen molar-refractivity contribution in [2.75, 3.05) is 58.8 Å². The van der Waals surface area contributed by atoms with Gasteiger partial charge in [-0.3, -0.25) is 81.5 Å². The third-order valence-electron chi connectivity index (χ3n) is 23.4. The second-order valence-corrected chi connectivity index (χ2v) is 34.6. The molecule has 0 unspecified atom stereocenters. The highest BCUT2D eigenvalue weighted by Gasteiger charge is 2.48. The predicted molar refractivity (Wildman–Crippen MR) is 477 cm³/mol. The average Bonchev–Trinajstić information content (AvgIpc) is 1.52. The number of carboxylic acid groups (broad SMARTS) is 2. The van der Waals surface area contributed by atoms with Gasteiger partial charge in [-0.15, -0.1) is 11.8 Å². The number of aliphatic carboxylic acids is 2. The molecular formula is C91H114F3N17O21S. The van der Waals surface area contributed by atoms with E-state index in [0.29, 0.717) is 63.5 Å². The number of rotatable bonds is 25. The van der Waals surface area contributed by atoms with Crippen molar-refractivity contribution in [3.05, 3.63) is 173 Å². The number of hydrogen-bond donors (Lipinski definition) is 16. The lowest BCUT2D eigenvalue weighted by molar-refractivity contribution is -0.152. The Balaban J connectivity index is 1.13. The molecule has 0 radical (unpaired) electrons. The van der Waals surface area contributed by atoms with E-state index in [-0.39, 0.29) is 76.6 Å². The van der Waals surface area contributed by atoms with Gasteiger partial charge in [0, 0.05) is 102 Å². The number of thioether (sulfide) groups is 1. The molecule has 0 spiro atoms. The zero-order valence-electron chi connectivity index (χ0n) is 74.3. The number of amides is 15. The van der Waals surface area contributed by atoms with E-state index in [1.165, 1.54) is 52.2 Å². The van der Waals surface area contributed by atoms with Crippen LogP contribution in [0.15, 0.2) is 128 Å². The third-order valence-corrected chi connectivity index (χ3v) is 24.5. The summed E-state index contributed by atoms with van der Waals surface area (Å²) in [4.78, 5) is 257. The molecule has 1 aromatic heterocycles. The van der Waals surface area contributed by atoms with Crippen molar-refractivity contribution in [1.82, 2.24) is 77.3 Å². The minimum atomic E-state index is -2.06. The van der Waals surface area contributed by atoms with Crippen molar-refractivity contribution in [2.24, 2.45) is 17.4 Å². The number of aliphatic hydroxyl groups is 1. The van der Waals surface area contributed by atoms with Gasteiger partial charge in [0.05, 0.1) is 24.8 Å². The molecule has 5 aromatic carbocycles. The summed E-state index contributed by atoms with van der Waals surface area (Å²) in [6, 6.07) is 7.55. The summed E-state index contributed by atoms with van der Waals surface area (Å²) in [6.07, 6.45) is -4.93. The fourth-order valence-electron chi connectivity index (χ4n) is 16.0. The summed E-state index contributed by atoms with van der Waals surface area (Å²) in [5.74, 6) is -26.5. The summed E-state index contributed by atoms with van der Waals surface area (Å²) in [5.41, 5.74) is 13.2. The van der Waals surface area contributed by atoms with Gasteiger partial charge in [-0.2, -0.15) is 0 Å². The van der Waals surface area contributed by atoms with Crippen LogP contribution < -0.4 is 59.3 Å². The lowest BCUT2D eigenvalue weighted by atomic mass is 9.96. The Morgan fingerprint density at radius 1 is 0.534 bits per heavy atom. The van der Waals surface area contributed by atoms with Gasteiger partial charge in [-0.05, 0) is 103 Å². The Labute approximate surface area is 768 Å². The number of primary amides is 1. The normalized spacial score (nSPS) is 24.0. The molecule has 42 heteroatoms. The van der Waals surface area contributed by atoms with Gasteiger partial charge < -0.3 is 109 Å². The van der Waals surface area contributed by atoms with Crippen molar-refractivity contribution in [3.63, 3.8) is 0 Å². The van der Waals surface area contributed by atoms with Crippen LogP contribution in [0, 0.1) is 23.4 Å². The number of aliphatic hydroxyl groups excluding tert-OH is 1. The van der Waals surface area contributed by atoms with Crippen LogP contribution in [0.4, 0.5) is 13.2 Å². The number of nitrogens with one attached hydrogen (secondary N) is 10. The van der Waals surface area contributed by atoms with E-state index in [1.807, 2.05) is 0 Å². The Hall–Kier alpha value is -13.5. The van der Waals surface area contributed by atoms with Gasteiger partial charge in [0.25, 0.3) is 0 Å². The van der Waals surface area contributed by atoms with Crippen LogP contribution in [0.25, 0.3) is 10.9 Å². The number of aromatic hydroxyl groups is 1. The first kappa shape index (κ1) is 103. The number of carboxylic acids is 2. The highest BCUT2D eigenvalue weighted by Crippen LogP contribution is 2.29. The van der Waals surface area contributed by atoms with Crippen LogP contribution >= 0.6 is 11.8 Å². The molecule has 18 N–H and O–H groups in total. The first-order chi connectivity index (χ1) is 63.2. The van der Waals surface area contributed by atoms with Crippen LogP contribution in [-0.2, 0) is 114 Å². The highest BCUT2D eigenvalue weighted by atomic mass is 32.2. The van der Waals surface area contributed by atoms with Crippen molar-refractivity contribution < 1.29 is 115 Å². The molecule has 716 valence electrons. The summed E-state index contributed by atoms with van der Waals surface area (Å²) in [6.45, 7) is 3.12. The number of benzene rings is 5. The fraction of sp³-hybridized carbons (Fsp3) is 0.462. The van der Waals surface area contributed by atoms with E-state index in [4.69, 9.17) is 11.5 Å². The molecule has 38 nitrogen and oxygen atoms in total. The van der Waals surface area contributed by atoms with E-state index in [9.17, 15) is 63.2 Å². The zero-order valence-corrected chi connectivity index (χ0v) is 75.1. The number of unbranched alkanes of at least 4 members (excludes halogenated alkanes) is 1. The van der Waals surface area contributed by atoms with Crippen LogP contribution in [0.2, 0.25) is 0 Å². The van der Waals surface area contributed by atoms with Crippen molar-refractivity contribution in [1.29, 1.82) is 0 Å². The number of aromatic nitrogens is 1. The third kappa shape index (κ3) is 28.5. The van der Waals surface area contributed by atoms with E-state index < -0.39 is 271 Å². The monoisotopic (exact) mass is 1870 g/mol. The molecule has 3 aliphatic heterocycles. The second kappa shape index (κ2) is 48.6. The number of carbonyl (C=O) groups is 17. The summed E-state index contributed by atoms with van der Waals surface area (Å²) < 4.78 is 45.0. The van der Waals surface area contributed by atoms with Gasteiger partial charge >= 0.3 is 11.9 Å². The lowest BCUT2D eigenvalue weighted by Crippen LogP contribution is -2.65. The largest absolute Gasteiger partial charge is 0.508 e. The van der Waals surface area contributed by atoms with Gasteiger partial charge in [0.1, 0.15) is 84.3 Å². The number of nitrogens with zero attached hydrogens (tertiary/aromatic N) is 5. The Bertz CT molecular complexity index is 5190. The van der Waals surface area contributed by atoms with Crippen molar-refractivity contribution in [2.45, 2.75) is 202 Å². The standard InChI is InChI=1S/C91H114F3N17O21S/c1-7-8-25-69-90(131)111-46-56(113)42-71(111)86(127)104-65(43-76(118)119)83(124)106-78(49(2)3)91(132)108(5)70(39-50-18-11-9-12-19-50)85(126)101-62(30-31-75(116)117)88(129)110-34-32-68(110)84(125)103-64(41-54-44-97-60-23-16-15-22-57(54)60)82(123)102-63(37-52-26-28-55(112)29-27-52)81(122)100-61(24-17-33-95)80(121)105-67(79(120)98-45-73(96)114)47-133-48-74(115)99-66(38-53-35-58(92)77(94)59(93)36-53)87(128)109(6)72(89(130)107(69)4)40-51-20-13-10-14-21-51/h9-16,18-23,26-29,35-36,44,49,56,61-72,78,97,112-113H,7-8,17,24-25,30-34,37-43,45-48,95H2,1-6H3,(H2,96,114)(H,98,120)(H,99,115)(H,100,122)(H,101,126)(H,102,123)(H,103,125)(H,104,127)(H,105,121)(H,106,124)(H,116,117)(H,118,119)/t56-,61+,62+,63+,64+,65+,66+,67+,68-,69+,70+,71-,72+,78+/m1/s1. The van der Waals surface area contributed by atoms with Gasteiger partial charge in [-0.1, -0.05) is 125 Å². The SMILES string of the molecule is CCCC[C@H]1C(=O)N2C[C@H](O)C[C@@H]2C(=O)N[C@@H](CC(=O)O)C(=O)N[C@@H](C(C)C)C(=O)N(C)[C@@H](Cc2ccccc2)C(=O)N[C@@H](CCC(=O)O)C(=O)N2CC[C@@H]2C(=O)N[C@@H](Cc2c[nH]c3ccccc23)C(=O)N[C@@H](Cc2ccc(O)cc2)C(=O)N[C@@H](CCCN)C(=O)N[C@H](C(=O)NCC(N)=O)CSCC(=O)N[C@@H](Cc2cc(F)c(F)c(F)c2)C(=O)N(C)[C@@H](Cc2ccccc2)C(=O)N1C. The molecule has 3 fully saturated rings. The molecule has 6 aromatic rings. The van der Waals surface area contributed by atoms with Crippen LogP contribution in [0.5, 0.6) is 5.75 Å². The number of halogens is 3. The topological polar surface area (TPSA) is 563 Å². The van der Waals surface area contributed by atoms with Crippen LogP contribution in [0.1, 0.15) is 113 Å². The Morgan fingerprint density at radius 2 is 1.08 bits per heavy atom. The molecule has 14 atom stereocenters. The van der Waals surface area contributed by atoms with Crippen LogP contribution in [-0.4, -0.2) is 294 Å². The number of nitrogens with two attached hydrogens (primary N) is 2. The number of fused-ring (bicyclic) bond motifs is 3. The number of H-pyrrole nitrogens is 1. The minimum absolute atomic E-state index is 0.0104. The van der Waals surface area contributed by atoms with Crippen molar-refractivity contribution in [3.8, 4) is 5.75 Å². The average molecular weight is 1870 g/mol. The number of aromatic amines is 1. The molecule has 0 aliphatic carbocycles. The summed E-state index contributed by atoms with van der Waals surface area (Å²) in [7, 11) is 3.57. The molecular weight excluding hydrogens is 1760 g/mol. The number of phenolic OH excluding ortho intramolecular Hbond substituents is 1. The maximum Gasteiger partial charge on any atom is 0.305 e. The lowest BCUT2D eigenvalue weighted by Gasteiger charge is -2.42.